The van der Waals surface area contributed by atoms with Crippen LogP contribution >= 0.6 is 31.9 Å². The predicted molar refractivity (Wildman–Crippen MR) is 69.4 cm³/mol. The van der Waals surface area contributed by atoms with Crippen LogP contribution in [0, 0.1) is 0 Å². The van der Waals surface area contributed by atoms with Gasteiger partial charge in [-0.05, 0) is 55.6 Å². The maximum Gasteiger partial charge on any atom is 0.0991 e. The number of aromatic nitrogens is 2. The van der Waals surface area contributed by atoms with Crippen LogP contribution in [0.4, 0.5) is 0 Å². The van der Waals surface area contributed by atoms with Crippen LogP contribution in [0.5, 0.6) is 0 Å². The zero-order valence-electron chi connectivity index (χ0n) is 7.77. The van der Waals surface area contributed by atoms with E-state index in [-0.39, 0.29) is 0 Å². The molecule has 0 unspecified atom stereocenters. The van der Waals surface area contributed by atoms with Gasteiger partial charge < -0.3 is 4.57 Å². The second-order valence-corrected chi connectivity index (χ2v) is 5.77. The van der Waals surface area contributed by atoms with Gasteiger partial charge >= 0.3 is 0 Å². The summed E-state index contributed by atoms with van der Waals surface area (Å²) in [6.07, 6.45) is 7.47. The molecule has 2 rings (SSSR count). The summed E-state index contributed by atoms with van der Waals surface area (Å²) in [6.45, 7) is 0. The Morgan fingerprint density at radius 2 is 1.93 bits per heavy atom. The third kappa shape index (κ3) is 2.79. The Labute approximate surface area is 105 Å². The van der Waals surface area contributed by atoms with Crippen molar-refractivity contribution in [2.75, 3.05) is 0 Å². The van der Waals surface area contributed by atoms with Gasteiger partial charge in [0.15, 0.2) is 0 Å². The topological polar surface area (TPSA) is 17.8 Å². The zero-order valence-corrected chi connectivity index (χ0v) is 10.9. The molecular weight excluding hydrogens is 320 g/mol. The Morgan fingerprint density at radius 1 is 1.20 bits per heavy atom. The van der Waals surface area contributed by atoms with Crippen LogP contribution in [-0.4, -0.2) is 9.55 Å². The first-order valence-corrected chi connectivity index (χ1v) is 5.95. The van der Waals surface area contributed by atoms with Gasteiger partial charge in [-0.3, -0.25) is 0 Å². The highest BCUT2D eigenvalue weighted by Gasteiger charge is 1.94. The maximum absolute atomic E-state index is 4.01. The number of hydrogen-bond donors (Lipinski definition) is 0. The molecule has 0 aliphatic carbocycles. The minimum atomic E-state index is 0.936. The minimum absolute atomic E-state index is 0.936. The normalized spacial score (nSPS) is 10.0. The molecule has 76 valence electrons. The number of hydrogen-bond acceptors (Lipinski definition) is 1. The summed E-state index contributed by atoms with van der Waals surface area (Å²) in [7, 11) is 0. The van der Waals surface area contributed by atoms with E-state index in [0.29, 0.717) is 0 Å². The van der Waals surface area contributed by atoms with Gasteiger partial charge in [-0.15, -0.1) is 0 Å². The molecule has 0 aliphatic heterocycles. The SMILES string of the molecule is BrC(Br)=Cc1ccc(-n2ccnc2)cc1. The Hall–Kier alpha value is -0.870. The van der Waals surface area contributed by atoms with E-state index in [0.717, 1.165) is 14.6 Å². The van der Waals surface area contributed by atoms with E-state index >= 15 is 0 Å². The average Bonchev–Trinajstić information content (AvgIpc) is 2.71. The molecule has 2 nitrogen and oxygen atoms in total. The van der Waals surface area contributed by atoms with Crippen molar-refractivity contribution >= 4 is 37.9 Å². The Balaban J connectivity index is 2.29. The van der Waals surface area contributed by atoms with Gasteiger partial charge in [0.1, 0.15) is 0 Å². The average molecular weight is 328 g/mol. The van der Waals surface area contributed by atoms with Crippen molar-refractivity contribution in [1.29, 1.82) is 0 Å². The molecule has 0 bridgehead atoms. The summed E-state index contributed by atoms with van der Waals surface area (Å²) >= 11 is 6.66. The van der Waals surface area contributed by atoms with Crippen molar-refractivity contribution in [1.82, 2.24) is 9.55 Å². The standard InChI is InChI=1S/C11H8Br2N2/c12-11(13)7-9-1-3-10(4-2-9)15-6-5-14-8-15/h1-8H. The highest BCUT2D eigenvalue weighted by molar-refractivity contribution is 9.28. The molecule has 0 saturated carbocycles. The Kier molecular flexibility index (Phi) is 3.38. The molecule has 1 heterocycles. The minimum Gasteiger partial charge on any atom is -0.306 e. The molecule has 0 spiro atoms. The summed E-state index contributed by atoms with van der Waals surface area (Å²) in [5.74, 6) is 0. The number of rotatable bonds is 2. The van der Waals surface area contributed by atoms with Crippen molar-refractivity contribution in [3.63, 3.8) is 0 Å². The van der Waals surface area contributed by atoms with E-state index in [2.05, 4.69) is 61.1 Å². The van der Waals surface area contributed by atoms with Gasteiger partial charge in [-0.2, -0.15) is 0 Å². The summed E-state index contributed by atoms with van der Waals surface area (Å²) in [5, 5.41) is 0. The fourth-order valence-corrected chi connectivity index (χ4v) is 1.81. The molecular formula is C11H8Br2N2. The number of benzene rings is 1. The molecule has 0 amide bonds. The van der Waals surface area contributed by atoms with Gasteiger partial charge in [0.2, 0.25) is 0 Å². The smallest absolute Gasteiger partial charge is 0.0991 e. The molecule has 0 fully saturated rings. The molecule has 1 aromatic heterocycles. The van der Waals surface area contributed by atoms with Crippen LogP contribution in [-0.2, 0) is 0 Å². The third-order valence-electron chi connectivity index (χ3n) is 1.97. The van der Waals surface area contributed by atoms with E-state index in [1.807, 2.05) is 16.8 Å². The number of halogens is 2. The largest absolute Gasteiger partial charge is 0.306 e. The number of imidazole rings is 1. The summed E-state index contributed by atoms with van der Waals surface area (Å²) in [6, 6.07) is 8.21. The van der Waals surface area contributed by atoms with Crippen LogP contribution in [0.1, 0.15) is 5.56 Å². The molecule has 2 aromatic rings. The second kappa shape index (κ2) is 4.77. The van der Waals surface area contributed by atoms with Gasteiger partial charge in [-0.1, -0.05) is 12.1 Å². The van der Waals surface area contributed by atoms with Crippen LogP contribution in [0.25, 0.3) is 11.8 Å². The molecule has 4 heteroatoms. The monoisotopic (exact) mass is 326 g/mol. The second-order valence-electron chi connectivity index (χ2n) is 3.00. The zero-order chi connectivity index (χ0) is 10.7. The Morgan fingerprint density at radius 3 is 2.47 bits per heavy atom. The van der Waals surface area contributed by atoms with Crippen LogP contribution in [0.15, 0.2) is 46.4 Å². The van der Waals surface area contributed by atoms with Crippen LogP contribution in [0.3, 0.4) is 0 Å². The van der Waals surface area contributed by atoms with Crippen molar-refractivity contribution in [3.8, 4) is 5.69 Å². The van der Waals surface area contributed by atoms with Gasteiger partial charge in [0.25, 0.3) is 0 Å². The molecule has 15 heavy (non-hydrogen) atoms. The first-order valence-electron chi connectivity index (χ1n) is 4.37. The molecule has 0 radical (unpaired) electrons. The highest BCUT2D eigenvalue weighted by atomic mass is 79.9. The third-order valence-corrected chi connectivity index (χ3v) is 2.43. The lowest BCUT2D eigenvalue weighted by Gasteiger charge is -2.01. The molecule has 1 aromatic carbocycles. The lowest BCUT2D eigenvalue weighted by molar-refractivity contribution is 1.06. The van der Waals surface area contributed by atoms with Crippen molar-refractivity contribution in [2.24, 2.45) is 0 Å². The van der Waals surface area contributed by atoms with Crippen molar-refractivity contribution < 1.29 is 0 Å². The van der Waals surface area contributed by atoms with E-state index in [1.54, 1.807) is 12.5 Å². The highest BCUT2D eigenvalue weighted by Crippen LogP contribution is 2.19. The summed E-state index contributed by atoms with van der Waals surface area (Å²) < 4.78 is 2.90. The molecule has 0 saturated heterocycles. The number of nitrogens with zero attached hydrogens (tertiary/aromatic N) is 2. The first-order chi connectivity index (χ1) is 7.25. The van der Waals surface area contributed by atoms with Crippen molar-refractivity contribution in [3.05, 3.63) is 51.9 Å². The van der Waals surface area contributed by atoms with Crippen LogP contribution in [0.2, 0.25) is 0 Å². The molecule has 0 N–H and O–H groups in total. The van der Waals surface area contributed by atoms with E-state index in [4.69, 9.17) is 0 Å². The van der Waals surface area contributed by atoms with Gasteiger partial charge in [0, 0.05) is 18.1 Å². The van der Waals surface area contributed by atoms with Gasteiger partial charge in [0.05, 0.1) is 9.72 Å². The fraction of sp³-hybridized carbons (Fsp3) is 0. The first kappa shape index (κ1) is 10.6. The van der Waals surface area contributed by atoms with Crippen molar-refractivity contribution in [2.45, 2.75) is 0 Å². The van der Waals surface area contributed by atoms with E-state index in [1.165, 1.54) is 0 Å². The van der Waals surface area contributed by atoms with Crippen LogP contribution < -0.4 is 0 Å². The Bertz CT molecular complexity index is 454. The van der Waals surface area contributed by atoms with E-state index in [9.17, 15) is 0 Å². The predicted octanol–water partition coefficient (Wildman–Crippen LogP) is 3.96. The molecule has 0 aliphatic rings. The lowest BCUT2D eigenvalue weighted by atomic mass is 10.2. The summed E-state index contributed by atoms with van der Waals surface area (Å²) in [4.78, 5) is 4.01. The van der Waals surface area contributed by atoms with Gasteiger partial charge in [-0.25, -0.2) is 4.98 Å². The lowest BCUT2D eigenvalue weighted by Crippen LogP contribution is -1.88. The maximum atomic E-state index is 4.01. The van der Waals surface area contributed by atoms with E-state index < -0.39 is 0 Å². The molecule has 0 atom stereocenters. The fourth-order valence-electron chi connectivity index (χ4n) is 1.28. The summed E-state index contributed by atoms with van der Waals surface area (Å²) in [5.41, 5.74) is 2.25. The quantitative estimate of drug-likeness (QED) is 0.816.